The molecule has 2 rings (SSSR count). The van der Waals surface area contributed by atoms with Crippen molar-refractivity contribution < 1.29 is 4.79 Å². The molecule has 80 valence electrons. The number of nitrogens with one attached hydrogen (secondary N) is 1. The predicted octanol–water partition coefficient (Wildman–Crippen LogP) is 1.85. The van der Waals surface area contributed by atoms with Crippen LogP contribution in [0.3, 0.4) is 0 Å². The number of rotatable bonds is 4. The molecule has 0 unspecified atom stereocenters. The lowest BCUT2D eigenvalue weighted by molar-refractivity contribution is -0.107. The molecule has 0 spiro atoms. The lowest BCUT2D eigenvalue weighted by Crippen LogP contribution is -2.16. The molecule has 0 aliphatic heterocycles. The van der Waals surface area contributed by atoms with Crippen LogP contribution in [0, 0.1) is 0 Å². The molecule has 1 N–H and O–H groups in total. The van der Waals surface area contributed by atoms with Gasteiger partial charge in [-0.05, 0) is 42.4 Å². The van der Waals surface area contributed by atoms with E-state index in [9.17, 15) is 4.79 Å². The van der Waals surface area contributed by atoms with Gasteiger partial charge in [-0.2, -0.15) is 0 Å². The zero-order valence-corrected chi connectivity index (χ0v) is 8.96. The van der Waals surface area contributed by atoms with Crippen molar-refractivity contribution in [1.82, 2.24) is 5.32 Å². The van der Waals surface area contributed by atoms with Crippen molar-refractivity contribution in [2.45, 2.75) is 32.2 Å². The fourth-order valence-corrected chi connectivity index (χ4v) is 2.17. The molecule has 1 aliphatic rings. The molecule has 0 saturated carbocycles. The molecule has 0 atom stereocenters. The Morgan fingerprint density at radius 3 is 2.80 bits per heavy atom. The van der Waals surface area contributed by atoms with Crippen molar-refractivity contribution in [2.75, 3.05) is 6.54 Å². The fraction of sp³-hybridized carbons (Fsp3) is 0.462. The first-order chi connectivity index (χ1) is 7.40. The second-order valence-electron chi connectivity index (χ2n) is 4.11. The minimum atomic E-state index is 0.442. The standard InChI is InChI=1S/C13H17NO/c15-8-7-14-10-11-5-6-12-3-1-2-4-13(12)9-11/h5-6,8-9,14H,1-4,7,10H2. The number of benzene rings is 1. The molecule has 0 bridgehead atoms. The van der Waals surface area contributed by atoms with Crippen LogP contribution >= 0.6 is 0 Å². The quantitative estimate of drug-likeness (QED) is 0.597. The van der Waals surface area contributed by atoms with Gasteiger partial charge in [-0.15, -0.1) is 0 Å². The minimum Gasteiger partial charge on any atom is -0.306 e. The van der Waals surface area contributed by atoms with Crippen LogP contribution in [0.15, 0.2) is 18.2 Å². The van der Waals surface area contributed by atoms with E-state index in [2.05, 4.69) is 23.5 Å². The van der Waals surface area contributed by atoms with Gasteiger partial charge >= 0.3 is 0 Å². The number of aldehydes is 1. The third kappa shape index (κ3) is 2.66. The highest BCUT2D eigenvalue weighted by atomic mass is 16.1. The first-order valence-electron chi connectivity index (χ1n) is 5.65. The minimum absolute atomic E-state index is 0.442. The molecule has 0 fully saturated rings. The Balaban J connectivity index is 2.03. The van der Waals surface area contributed by atoms with Crippen LogP contribution in [0.2, 0.25) is 0 Å². The summed E-state index contributed by atoms with van der Waals surface area (Å²) >= 11 is 0. The van der Waals surface area contributed by atoms with Crippen molar-refractivity contribution in [3.05, 3.63) is 34.9 Å². The van der Waals surface area contributed by atoms with Crippen molar-refractivity contribution in [2.24, 2.45) is 0 Å². The summed E-state index contributed by atoms with van der Waals surface area (Å²) in [6, 6.07) is 6.70. The number of hydrogen-bond acceptors (Lipinski definition) is 2. The van der Waals surface area contributed by atoms with Crippen LogP contribution in [0.4, 0.5) is 0 Å². The Morgan fingerprint density at radius 2 is 2.00 bits per heavy atom. The summed E-state index contributed by atoms with van der Waals surface area (Å²) < 4.78 is 0. The highest BCUT2D eigenvalue weighted by Crippen LogP contribution is 2.22. The third-order valence-corrected chi connectivity index (χ3v) is 2.97. The monoisotopic (exact) mass is 203 g/mol. The first kappa shape index (κ1) is 10.4. The molecule has 0 radical (unpaired) electrons. The molecule has 0 aromatic heterocycles. The number of hydrogen-bond donors (Lipinski definition) is 1. The Labute approximate surface area is 90.7 Å². The second kappa shape index (κ2) is 5.08. The van der Waals surface area contributed by atoms with Crippen LogP contribution in [0.1, 0.15) is 29.5 Å². The smallest absolute Gasteiger partial charge is 0.133 e. The van der Waals surface area contributed by atoms with Gasteiger partial charge in [-0.3, -0.25) is 0 Å². The lowest BCUT2D eigenvalue weighted by atomic mass is 9.90. The fourth-order valence-electron chi connectivity index (χ4n) is 2.17. The van der Waals surface area contributed by atoms with E-state index in [1.165, 1.54) is 42.4 Å². The molecule has 2 nitrogen and oxygen atoms in total. The van der Waals surface area contributed by atoms with Crippen molar-refractivity contribution in [1.29, 1.82) is 0 Å². The summed E-state index contributed by atoms with van der Waals surface area (Å²) in [6.45, 7) is 1.24. The molecule has 0 saturated heterocycles. The average molecular weight is 203 g/mol. The normalized spacial score (nSPS) is 14.7. The number of carbonyl (C=O) groups excluding carboxylic acids is 1. The van der Waals surface area contributed by atoms with Gasteiger partial charge in [0.05, 0.1) is 6.54 Å². The number of aryl methyl sites for hydroxylation is 2. The summed E-state index contributed by atoms with van der Waals surface area (Å²) in [4.78, 5) is 10.2. The summed E-state index contributed by atoms with van der Waals surface area (Å²) in [5, 5.41) is 3.09. The largest absolute Gasteiger partial charge is 0.306 e. The van der Waals surface area contributed by atoms with Gasteiger partial charge in [0.2, 0.25) is 0 Å². The van der Waals surface area contributed by atoms with E-state index in [-0.39, 0.29) is 0 Å². The van der Waals surface area contributed by atoms with Crippen LogP contribution in [-0.4, -0.2) is 12.8 Å². The van der Waals surface area contributed by atoms with Gasteiger partial charge < -0.3 is 10.1 Å². The van der Waals surface area contributed by atoms with Crippen LogP contribution in [-0.2, 0) is 24.2 Å². The van der Waals surface area contributed by atoms with Gasteiger partial charge in [-0.1, -0.05) is 18.2 Å². The zero-order valence-electron chi connectivity index (χ0n) is 8.96. The summed E-state index contributed by atoms with van der Waals surface area (Å²) in [6.07, 6.45) is 6.00. The van der Waals surface area contributed by atoms with E-state index < -0.39 is 0 Å². The Bertz CT molecular complexity index is 346. The zero-order chi connectivity index (χ0) is 10.5. The Morgan fingerprint density at radius 1 is 1.20 bits per heavy atom. The van der Waals surface area contributed by atoms with Crippen molar-refractivity contribution >= 4 is 6.29 Å². The van der Waals surface area contributed by atoms with Crippen molar-refractivity contribution in [3.63, 3.8) is 0 Å². The number of carbonyl (C=O) groups is 1. The second-order valence-corrected chi connectivity index (χ2v) is 4.11. The molecule has 15 heavy (non-hydrogen) atoms. The Kier molecular flexibility index (Phi) is 3.51. The molecular formula is C13H17NO. The summed E-state index contributed by atoms with van der Waals surface area (Å²) in [7, 11) is 0. The van der Waals surface area contributed by atoms with E-state index in [1.807, 2.05) is 0 Å². The van der Waals surface area contributed by atoms with E-state index >= 15 is 0 Å². The van der Waals surface area contributed by atoms with Gasteiger partial charge in [0.1, 0.15) is 6.29 Å². The van der Waals surface area contributed by atoms with E-state index in [1.54, 1.807) is 0 Å². The maximum absolute atomic E-state index is 10.2. The van der Waals surface area contributed by atoms with Crippen LogP contribution in [0.5, 0.6) is 0 Å². The highest BCUT2D eigenvalue weighted by molar-refractivity contribution is 5.51. The van der Waals surface area contributed by atoms with Crippen LogP contribution < -0.4 is 5.32 Å². The van der Waals surface area contributed by atoms with Gasteiger partial charge in [0, 0.05) is 6.54 Å². The molecule has 1 aliphatic carbocycles. The molecule has 0 heterocycles. The first-order valence-corrected chi connectivity index (χ1v) is 5.65. The van der Waals surface area contributed by atoms with E-state index in [0.29, 0.717) is 6.54 Å². The lowest BCUT2D eigenvalue weighted by Gasteiger charge is -2.16. The Hall–Kier alpha value is -1.15. The van der Waals surface area contributed by atoms with Crippen LogP contribution in [0.25, 0.3) is 0 Å². The molecule has 0 amide bonds. The molecule has 1 aromatic carbocycles. The average Bonchev–Trinajstić information content (AvgIpc) is 2.29. The molecular weight excluding hydrogens is 186 g/mol. The number of fused-ring (bicyclic) bond motifs is 1. The van der Waals surface area contributed by atoms with E-state index in [4.69, 9.17) is 0 Å². The SMILES string of the molecule is O=CCNCc1ccc2c(c1)CCCC2. The molecule has 2 heteroatoms. The van der Waals surface area contributed by atoms with Crippen molar-refractivity contribution in [3.8, 4) is 0 Å². The molecule has 1 aromatic rings. The van der Waals surface area contributed by atoms with Gasteiger partial charge in [-0.25, -0.2) is 0 Å². The maximum atomic E-state index is 10.2. The summed E-state index contributed by atoms with van der Waals surface area (Å²) in [5.74, 6) is 0. The topological polar surface area (TPSA) is 29.1 Å². The highest BCUT2D eigenvalue weighted by Gasteiger charge is 2.08. The van der Waals surface area contributed by atoms with E-state index in [0.717, 1.165) is 12.8 Å². The summed E-state index contributed by atoms with van der Waals surface area (Å²) in [5.41, 5.74) is 4.31. The predicted molar refractivity (Wildman–Crippen MR) is 60.9 cm³/mol. The van der Waals surface area contributed by atoms with Gasteiger partial charge in [0.25, 0.3) is 0 Å². The maximum Gasteiger partial charge on any atom is 0.133 e. The third-order valence-electron chi connectivity index (χ3n) is 2.97. The van der Waals surface area contributed by atoms with Gasteiger partial charge in [0.15, 0.2) is 0 Å².